The Morgan fingerprint density at radius 1 is 0.704 bits per heavy atom. The Kier molecular flexibility index (Phi) is 13.9. The molecule has 0 saturated carbocycles. The van der Waals surface area contributed by atoms with Crippen molar-refractivity contribution in [2.45, 2.75) is 19.8 Å². The zero-order chi connectivity index (χ0) is 19.7. The lowest BCUT2D eigenvalue weighted by molar-refractivity contribution is -0.133. The maximum Gasteiger partial charge on any atom is 0.236 e. The van der Waals surface area contributed by atoms with E-state index in [2.05, 4.69) is 0 Å². The summed E-state index contributed by atoms with van der Waals surface area (Å²) in [6.07, 6.45) is 1.23. The van der Waals surface area contributed by atoms with Crippen LogP contribution in [0.15, 0.2) is 0 Å². The Hall–Kier alpha value is -1.26. The first-order valence-corrected chi connectivity index (χ1v) is 9.75. The summed E-state index contributed by atoms with van der Waals surface area (Å²) in [5, 5.41) is 0. The van der Waals surface area contributed by atoms with Gasteiger partial charge in [0.25, 0.3) is 0 Å². The number of nitrogens with two attached hydrogens (primary N) is 1. The van der Waals surface area contributed by atoms with Gasteiger partial charge in [-0.2, -0.15) is 0 Å². The fourth-order valence-electron chi connectivity index (χ4n) is 2.56. The molecule has 9 nitrogen and oxygen atoms in total. The van der Waals surface area contributed by atoms with Gasteiger partial charge in [0.15, 0.2) is 0 Å². The van der Waals surface area contributed by atoms with Crippen molar-refractivity contribution in [3.8, 4) is 0 Å². The van der Waals surface area contributed by atoms with E-state index >= 15 is 0 Å². The minimum atomic E-state index is -0.117. The van der Waals surface area contributed by atoms with Crippen molar-refractivity contribution < 1.29 is 28.5 Å². The molecule has 0 spiro atoms. The number of hydrogen-bond donors (Lipinski definition) is 1. The average Bonchev–Trinajstić information content (AvgIpc) is 2.69. The maximum atomic E-state index is 12.0. The summed E-state index contributed by atoms with van der Waals surface area (Å²) in [7, 11) is 0. The molecule has 0 aromatic heterocycles. The van der Waals surface area contributed by atoms with Gasteiger partial charge in [-0.25, -0.2) is 0 Å². The molecular formula is C18H35N3O6. The number of rotatable bonds is 2. The van der Waals surface area contributed by atoms with Crippen LogP contribution >= 0.6 is 0 Å². The van der Waals surface area contributed by atoms with Crippen LogP contribution in [0.1, 0.15) is 19.8 Å². The second-order valence-corrected chi connectivity index (χ2v) is 6.12. The highest BCUT2D eigenvalue weighted by Gasteiger charge is 2.12. The molecule has 0 aromatic carbocycles. The van der Waals surface area contributed by atoms with Crippen LogP contribution in [0, 0.1) is 0 Å². The molecule has 1 heterocycles. The van der Waals surface area contributed by atoms with Crippen molar-refractivity contribution in [2.24, 2.45) is 5.73 Å². The molecule has 0 aliphatic carbocycles. The van der Waals surface area contributed by atoms with Crippen LogP contribution in [0.25, 0.3) is 0 Å². The van der Waals surface area contributed by atoms with E-state index in [9.17, 15) is 9.59 Å². The summed E-state index contributed by atoms with van der Waals surface area (Å²) in [6.45, 7) is 7.73. The molecule has 1 fully saturated rings. The van der Waals surface area contributed by atoms with Gasteiger partial charge in [-0.15, -0.1) is 0 Å². The molecule has 9 heteroatoms. The Labute approximate surface area is 162 Å². The van der Waals surface area contributed by atoms with E-state index in [-0.39, 0.29) is 18.4 Å². The van der Waals surface area contributed by atoms with E-state index < -0.39 is 0 Å². The Bertz CT molecular complexity index is 375. The number of amides is 2. The van der Waals surface area contributed by atoms with E-state index in [1.807, 2.05) is 6.92 Å². The summed E-state index contributed by atoms with van der Waals surface area (Å²) in [4.78, 5) is 27.2. The van der Waals surface area contributed by atoms with Crippen LogP contribution in [0.4, 0.5) is 0 Å². The second-order valence-electron chi connectivity index (χ2n) is 6.12. The van der Waals surface area contributed by atoms with Gasteiger partial charge in [-0.1, -0.05) is 6.92 Å². The number of nitrogens with zero attached hydrogens (tertiary/aromatic N) is 2. The smallest absolute Gasteiger partial charge is 0.236 e. The summed E-state index contributed by atoms with van der Waals surface area (Å²) < 4.78 is 22.2. The van der Waals surface area contributed by atoms with Gasteiger partial charge >= 0.3 is 0 Å². The molecule has 0 radical (unpaired) electrons. The Balaban J connectivity index is 2.43. The van der Waals surface area contributed by atoms with Gasteiger partial charge in [0.1, 0.15) is 0 Å². The number of carbonyl (C=O) groups is 2. The number of hydrogen-bond acceptors (Lipinski definition) is 7. The molecule has 1 aliphatic heterocycles. The molecule has 0 aromatic rings. The van der Waals surface area contributed by atoms with Crippen LogP contribution in [-0.4, -0.2) is 107 Å². The normalized spacial score (nSPS) is 20.4. The molecule has 0 unspecified atom stereocenters. The molecule has 1 saturated heterocycles. The van der Waals surface area contributed by atoms with Crippen LogP contribution in [-0.2, 0) is 28.5 Å². The molecule has 2 N–H and O–H groups in total. The van der Waals surface area contributed by atoms with Gasteiger partial charge in [0.2, 0.25) is 11.8 Å². The lowest BCUT2D eigenvalue weighted by Gasteiger charge is -2.22. The van der Waals surface area contributed by atoms with Crippen LogP contribution in [0.3, 0.4) is 0 Å². The van der Waals surface area contributed by atoms with E-state index in [0.717, 1.165) is 6.42 Å². The highest BCUT2D eigenvalue weighted by molar-refractivity contribution is 5.78. The molecule has 1 rings (SSSR count). The van der Waals surface area contributed by atoms with E-state index in [1.54, 1.807) is 9.80 Å². The van der Waals surface area contributed by atoms with Crippen molar-refractivity contribution >= 4 is 11.8 Å². The van der Waals surface area contributed by atoms with Crippen LogP contribution < -0.4 is 5.73 Å². The first kappa shape index (κ1) is 23.8. The van der Waals surface area contributed by atoms with Crippen LogP contribution in [0.5, 0.6) is 0 Å². The summed E-state index contributed by atoms with van der Waals surface area (Å²) >= 11 is 0. The quantitative estimate of drug-likeness (QED) is 0.678. The number of ether oxygens (including phenoxy) is 4. The zero-order valence-corrected chi connectivity index (χ0v) is 16.5. The summed E-state index contributed by atoms with van der Waals surface area (Å²) in [5.41, 5.74) is 5.45. The zero-order valence-electron chi connectivity index (χ0n) is 16.5. The number of carbonyl (C=O) groups excluding carboxylic acids is 2. The SMILES string of the molecule is CCC(=O)N1CCOCCCOCCN(C(=O)CN)CCOCCOCC1. The fraction of sp³-hybridized carbons (Fsp3) is 0.889. The first-order valence-electron chi connectivity index (χ1n) is 9.75. The minimum Gasteiger partial charge on any atom is -0.380 e. The molecule has 158 valence electrons. The Morgan fingerprint density at radius 2 is 1.11 bits per heavy atom. The first-order chi connectivity index (χ1) is 13.2. The third-order valence-electron chi connectivity index (χ3n) is 4.15. The van der Waals surface area contributed by atoms with E-state index in [0.29, 0.717) is 85.5 Å². The van der Waals surface area contributed by atoms with Gasteiger partial charge in [-0.3, -0.25) is 9.59 Å². The average molecular weight is 389 g/mol. The van der Waals surface area contributed by atoms with Crippen LogP contribution in [0.2, 0.25) is 0 Å². The molecule has 1 aliphatic rings. The van der Waals surface area contributed by atoms with E-state index in [1.165, 1.54) is 0 Å². The predicted molar refractivity (Wildman–Crippen MR) is 100 cm³/mol. The lowest BCUT2D eigenvalue weighted by Crippen LogP contribution is -2.40. The highest BCUT2D eigenvalue weighted by Crippen LogP contribution is 1.97. The van der Waals surface area contributed by atoms with Crippen molar-refractivity contribution in [3.63, 3.8) is 0 Å². The topological polar surface area (TPSA) is 104 Å². The standard InChI is InChI=1S/C18H35N3O6/c1-2-17(22)20-4-10-24-8-3-9-25-11-6-21(18(23)16-19)7-13-27-15-14-26-12-5-20/h2-16,19H2,1H3. The molecular weight excluding hydrogens is 354 g/mol. The van der Waals surface area contributed by atoms with Gasteiger partial charge in [0.05, 0.1) is 46.2 Å². The van der Waals surface area contributed by atoms with Crippen molar-refractivity contribution in [3.05, 3.63) is 0 Å². The fourth-order valence-corrected chi connectivity index (χ4v) is 2.56. The van der Waals surface area contributed by atoms with Gasteiger partial charge in [-0.05, 0) is 6.42 Å². The van der Waals surface area contributed by atoms with Gasteiger partial charge < -0.3 is 34.5 Å². The van der Waals surface area contributed by atoms with Crippen molar-refractivity contribution in [1.82, 2.24) is 9.80 Å². The molecule has 0 bridgehead atoms. The van der Waals surface area contributed by atoms with Gasteiger partial charge in [0, 0.05) is 45.8 Å². The minimum absolute atomic E-state index is 0.0239. The Morgan fingerprint density at radius 3 is 1.52 bits per heavy atom. The molecule has 0 atom stereocenters. The van der Waals surface area contributed by atoms with Crippen molar-refractivity contribution in [2.75, 3.05) is 85.6 Å². The van der Waals surface area contributed by atoms with E-state index in [4.69, 9.17) is 24.7 Å². The van der Waals surface area contributed by atoms with Crippen molar-refractivity contribution in [1.29, 1.82) is 0 Å². The largest absolute Gasteiger partial charge is 0.380 e. The maximum absolute atomic E-state index is 12.0. The second kappa shape index (κ2) is 15.8. The summed E-state index contributed by atoms with van der Waals surface area (Å²) in [6, 6.07) is 0. The molecule has 2 amide bonds. The molecule has 27 heavy (non-hydrogen) atoms. The monoisotopic (exact) mass is 389 g/mol. The lowest BCUT2D eigenvalue weighted by atomic mass is 10.3. The third-order valence-corrected chi connectivity index (χ3v) is 4.15. The third kappa shape index (κ3) is 11.2. The predicted octanol–water partition coefficient (Wildman–Crippen LogP) is -0.518. The highest BCUT2D eigenvalue weighted by atomic mass is 16.5. The summed E-state index contributed by atoms with van der Waals surface area (Å²) in [5.74, 6) is -0.0225.